The molecule has 0 aromatic heterocycles. The Morgan fingerprint density at radius 2 is 1.45 bits per heavy atom. The molecule has 0 amide bonds. The van der Waals surface area contributed by atoms with Gasteiger partial charge in [0.15, 0.2) is 0 Å². The van der Waals surface area contributed by atoms with Crippen LogP contribution in [0.4, 0.5) is 0 Å². The number of rotatable bonds is 1. The molecule has 1 saturated carbocycles. The molecule has 0 spiro atoms. The van der Waals surface area contributed by atoms with Crippen LogP contribution >= 0.6 is 0 Å². The maximum atomic E-state index is 5.86. The normalized spacial score (nSPS) is 33.8. The predicted molar refractivity (Wildman–Crippen MR) is 53.5 cm³/mol. The van der Waals surface area contributed by atoms with Gasteiger partial charge in [0.2, 0.25) is 0 Å². The summed E-state index contributed by atoms with van der Waals surface area (Å²) in [4.78, 5) is 0. The Morgan fingerprint density at radius 1 is 1.00 bits per heavy atom. The molecule has 0 saturated heterocycles. The zero-order valence-corrected chi connectivity index (χ0v) is 9.06. The largest absolute Gasteiger partial charge is 0.328 e. The van der Waals surface area contributed by atoms with E-state index >= 15 is 0 Å². The lowest BCUT2D eigenvalue weighted by Gasteiger charge is -2.34. The van der Waals surface area contributed by atoms with Gasteiger partial charge < -0.3 is 5.73 Å². The van der Waals surface area contributed by atoms with E-state index in [0.717, 1.165) is 5.54 Å². The highest BCUT2D eigenvalue weighted by Crippen LogP contribution is 2.36. The van der Waals surface area contributed by atoms with Crippen molar-refractivity contribution in [1.82, 2.24) is 0 Å². The van der Waals surface area contributed by atoms with Crippen molar-refractivity contribution in [2.45, 2.75) is 56.9 Å². The summed E-state index contributed by atoms with van der Waals surface area (Å²) in [6.07, 6.45) is 5.34. The summed E-state index contributed by atoms with van der Waals surface area (Å²) >= 11 is 0. The fourth-order valence-electron chi connectivity index (χ4n) is 1.99. The Morgan fingerprint density at radius 3 is 1.82 bits per heavy atom. The highest BCUT2D eigenvalue weighted by atomic mass is 28.3. The summed E-state index contributed by atoms with van der Waals surface area (Å²) in [6.45, 7) is 7.44. The van der Waals surface area contributed by atoms with Crippen molar-refractivity contribution in [3.8, 4) is 0 Å². The van der Waals surface area contributed by atoms with Crippen LogP contribution in [0.25, 0.3) is 0 Å². The van der Waals surface area contributed by atoms with Gasteiger partial charge in [0.25, 0.3) is 0 Å². The van der Waals surface area contributed by atoms with Crippen molar-refractivity contribution >= 4 is 8.07 Å². The van der Waals surface area contributed by atoms with E-state index in [-0.39, 0.29) is 0 Å². The lowest BCUT2D eigenvalue weighted by molar-refractivity contribution is 0.433. The molecule has 0 aliphatic heterocycles. The van der Waals surface area contributed by atoms with E-state index in [1.54, 1.807) is 0 Å². The van der Waals surface area contributed by atoms with Crippen molar-refractivity contribution in [3.05, 3.63) is 0 Å². The zero-order valence-electron chi connectivity index (χ0n) is 8.06. The molecule has 1 rings (SSSR count). The first-order valence-electron chi connectivity index (χ1n) is 4.76. The van der Waals surface area contributed by atoms with E-state index in [9.17, 15) is 0 Å². The van der Waals surface area contributed by atoms with Crippen LogP contribution in [0.1, 0.15) is 25.7 Å². The summed E-state index contributed by atoms with van der Waals surface area (Å²) < 4.78 is 0. The van der Waals surface area contributed by atoms with Gasteiger partial charge in [-0.25, -0.2) is 0 Å². The van der Waals surface area contributed by atoms with Crippen LogP contribution in [-0.4, -0.2) is 14.1 Å². The van der Waals surface area contributed by atoms with Crippen molar-refractivity contribution in [2.75, 3.05) is 0 Å². The Labute approximate surface area is 71.4 Å². The molecule has 1 fully saturated rings. The van der Waals surface area contributed by atoms with Gasteiger partial charge in [0.1, 0.15) is 0 Å². The smallest absolute Gasteiger partial charge is 0.0473 e. The van der Waals surface area contributed by atoms with Gasteiger partial charge >= 0.3 is 0 Å². The van der Waals surface area contributed by atoms with E-state index < -0.39 is 8.07 Å². The Bertz CT molecular complexity index is 120. The second kappa shape index (κ2) is 3.28. The average Bonchev–Trinajstić information content (AvgIpc) is 1.86. The van der Waals surface area contributed by atoms with Gasteiger partial charge in [-0.05, 0) is 18.4 Å². The molecular weight excluding hydrogens is 150 g/mol. The molecule has 2 heteroatoms. The summed E-state index contributed by atoms with van der Waals surface area (Å²) in [5.41, 5.74) is 6.90. The third-order valence-corrected chi connectivity index (χ3v) is 6.02. The summed E-state index contributed by atoms with van der Waals surface area (Å²) in [5, 5.41) is 0. The fraction of sp³-hybridized carbons (Fsp3) is 1.00. The minimum Gasteiger partial charge on any atom is -0.328 e. The molecule has 11 heavy (non-hydrogen) atoms. The molecule has 0 bridgehead atoms. The third-order valence-electron chi connectivity index (χ3n) is 3.00. The van der Waals surface area contributed by atoms with Crippen molar-refractivity contribution in [3.63, 3.8) is 0 Å². The van der Waals surface area contributed by atoms with E-state index in [1.807, 2.05) is 0 Å². The van der Waals surface area contributed by atoms with Crippen LogP contribution < -0.4 is 5.73 Å². The molecule has 1 aliphatic rings. The molecule has 0 atom stereocenters. The molecule has 2 N–H and O–H groups in total. The van der Waals surface area contributed by atoms with Crippen molar-refractivity contribution in [1.29, 1.82) is 0 Å². The topological polar surface area (TPSA) is 26.0 Å². The van der Waals surface area contributed by atoms with E-state index in [4.69, 9.17) is 5.73 Å². The predicted octanol–water partition coefficient (Wildman–Crippen LogP) is 2.60. The van der Waals surface area contributed by atoms with Gasteiger partial charge in [0, 0.05) is 14.1 Å². The van der Waals surface area contributed by atoms with E-state index in [2.05, 4.69) is 19.6 Å². The second-order valence-corrected chi connectivity index (χ2v) is 10.5. The van der Waals surface area contributed by atoms with Crippen molar-refractivity contribution in [2.24, 2.45) is 5.73 Å². The van der Waals surface area contributed by atoms with Gasteiger partial charge in [-0.2, -0.15) is 0 Å². The van der Waals surface area contributed by atoms with Crippen LogP contribution in [0.15, 0.2) is 0 Å². The first-order chi connectivity index (χ1) is 5.00. The molecule has 0 aromatic rings. The molecule has 66 valence electrons. The highest BCUT2D eigenvalue weighted by molar-refractivity contribution is 6.77. The molecule has 1 nitrogen and oxygen atoms in total. The molecule has 0 heterocycles. The monoisotopic (exact) mass is 171 g/mol. The van der Waals surface area contributed by atoms with Gasteiger partial charge in [-0.15, -0.1) is 0 Å². The van der Waals surface area contributed by atoms with Gasteiger partial charge in [-0.3, -0.25) is 0 Å². The SMILES string of the molecule is C[Si](C)(C)[C@H]1CC[C@@H](N)CC1. The average molecular weight is 171 g/mol. The standard InChI is InChI=1S/C9H21NSi/c1-11(2,3)9-6-4-8(10)5-7-9/h8-9H,4-7,10H2,1-3H3/t8-,9+. The van der Waals surface area contributed by atoms with Crippen molar-refractivity contribution < 1.29 is 0 Å². The molecule has 0 unspecified atom stereocenters. The third kappa shape index (κ3) is 2.60. The van der Waals surface area contributed by atoms with Gasteiger partial charge in [-0.1, -0.05) is 32.5 Å². The first kappa shape index (κ1) is 9.27. The van der Waals surface area contributed by atoms with E-state index in [0.29, 0.717) is 6.04 Å². The Balaban J connectivity index is 2.39. The lowest BCUT2D eigenvalue weighted by Crippen LogP contribution is -2.34. The lowest BCUT2D eigenvalue weighted by atomic mass is 9.96. The minimum absolute atomic E-state index is 0.516. The van der Waals surface area contributed by atoms with Crippen LogP contribution in [-0.2, 0) is 0 Å². The van der Waals surface area contributed by atoms with Crippen LogP contribution in [0.3, 0.4) is 0 Å². The molecule has 0 radical (unpaired) electrons. The summed E-state index contributed by atoms with van der Waals surface area (Å²) in [6, 6.07) is 0.516. The maximum Gasteiger partial charge on any atom is 0.0473 e. The Kier molecular flexibility index (Phi) is 2.76. The van der Waals surface area contributed by atoms with Crippen LogP contribution in [0, 0.1) is 0 Å². The Hall–Kier alpha value is 0.177. The number of hydrogen-bond acceptors (Lipinski definition) is 1. The quantitative estimate of drug-likeness (QED) is 0.603. The molecule has 1 aliphatic carbocycles. The second-order valence-electron chi connectivity index (χ2n) is 4.98. The van der Waals surface area contributed by atoms with Crippen LogP contribution in [0.5, 0.6) is 0 Å². The summed E-state index contributed by atoms with van der Waals surface area (Å²) in [7, 11) is -0.842. The van der Waals surface area contributed by atoms with E-state index in [1.165, 1.54) is 25.7 Å². The fourth-order valence-corrected chi connectivity index (χ4v) is 4.05. The van der Waals surface area contributed by atoms with Gasteiger partial charge in [0.05, 0.1) is 0 Å². The summed E-state index contributed by atoms with van der Waals surface area (Å²) in [5.74, 6) is 0. The molecular formula is C9H21NSi. The number of nitrogens with two attached hydrogens (primary N) is 1. The highest BCUT2D eigenvalue weighted by Gasteiger charge is 2.29. The maximum absolute atomic E-state index is 5.86. The minimum atomic E-state index is -0.842. The number of hydrogen-bond donors (Lipinski definition) is 1. The zero-order chi connectivity index (χ0) is 8.48. The molecule has 0 aromatic carbocycles. The van der Waals surface area contributed by atoms with Crippen LogP contribution in [0.2, 0.25) is 25.2 Å². The first-order valence-corrected chi connectivity index (χ1v) is 8.33.